The van der Waals surface area contributed by atoms with Crippen LogP contribution in [0.4, 0.5) is 0 Å². The molecule has 0 radical (unpaired) electrons. The lowest BCUT2D eigenvalue weighted by Gasteiger charge is -1.99. The Morgan fingerprint density at radius 3 is 3.00 bits per heavy atom. The summed E-state index contributed by atoms with van der Waals surface area (Å²) in [6.45, 7) is 4.04. The van der Waals surface area contributed by atoms with Gasteiger partial charge in [0.2, 0.25) is 0 Å². The first-order valence-electron chi connectivity index (χ1n) is 3.72. The highest BCUT2D eigenvalue weighted by atomic mass is 16.5. The second kappa shape index (κ2) is 2.51. The van der Waals surface area contributed by atoms with E-state index < -0.39 is 0 Å². The number of nitrogens with zero attached hydrogens (tertiary/aromatic N) is 4. The van der Waals surface area contributed by atoms with Crippen molar-refractivity contribution in [3.8, 4) is 0 Å². The van der Waals surface area contributed by atoms with Gasteiger partial charge in [-0.15, -0.1) is 5.10 Å². The molecule has 0 aliphatic carbocycles. The topological polar surface area (TPSA) is 64.7 Å². The van der Waals surface area contributed by atoms with E-state index in [1.54, 1.807) is 6.20 Å². The Morgan fingerprint density at radius 1 is 1.42 bits per heavy atom. The van der Waals surface area contributed by atoms with Crippen LogP contribution in [0.25, 0.3) is 11.2 Å². The van der Waals surface area contributed by atoms with Crippen molar-refractivity contribution in [2.24, 2.45) is 0 Å². The number of rotatable bonds is 1. The molecule has 0 fully saturated rings. The molecule has 0 saturated heterocycles. The van der Waals surface area contributed by atoms with Gasteiger partial charge in [-0.05, 0) is 0 Å². The zero-order chi connectivity index (χ0) is 8.55. The third kappa shape index (κ3) is 1.03. The fraction of sp³-hybridized carbons (Fsp3) is 0.429. The zero-order valence-electron chi connectivity index (χ0n) is 6.85. The molecule has 0 unspecified atom stereocenters. The molecule has 0 amide bonds. The van der Waals surface area contributed by atoms with Gasteiger partial charge in [0.1, 0.15) is 5.82 Å². The van der Waals surface area contributed by atoms with Crippen LogP contribution in [-0.2, 0) is 0 Å². The average molecular weight is 164 g/mol. The zero-order valence-corrected chi connectivity index (χ0v) is 6.85. The van der Waals surface area contributed by atoms with E-state index in [1.807, 2.05) is 13.8 Å². The molecule has 62 valence electrons. The first-order valence-corrected chi connectivity index (χ1v) is 3.72. The van der Waals surface area contributed by atoms with Crippen LogP contribution in [0.3, 0.4) is 0 Å². The maximum Gasteiger partial charge on any atom is 0.281 e. The molecule has 2 rings (SSSR count). The minimum Gasteiger partial charge on any atom is -0.316 e. The highest BCUT2D eigenvalue weighted by molar-refractivity contribution is 5.64. The number of hydrogen-bond donors (Lipinski definition) is 0. The van der Waals surface area contributed by atoms with E-state index in [1.165, 1.54) is 0 Å². The third-order valence-corrected chi connectivity index (χ3v) is 1.55. The molecule has 0 saturated carbocycles. The molecular weight excluding hydrogens is 156 g/mol. The predicted molar refractivity (Wildman–Crippen MR) is 41.5 cm³/mol. The van der Waals surface area contributed by atoms with Gasteiger partial charge in [0, 0.05) is 11.2 Å². The Balaban J connectivity index is 2.60. The lowest BCUT2D eigenvalue weighted by molar-refractivity contribution is 0.416. The Kier molecular flexibility index (Phi) is 1.49. The largest absolute Gasteiger partial charge is 0.316 e. The Bertz CT molecular complexity index is 395. The van der Waals surface area contributed by atoms with Crippen molar-refractivity contribution in [2.45, 2.75) is 19.8 Å². The summed E-state index contributed by atoms with van der Waals surface area (Å²) in [5, 5.41) is 7.05. The molecule has 0 aromatic carbocycles. The first kappa shape index (κ1) is 7.15. The summed E-state index contributed by atoms with van der Waals surface area (Å²) >= 11 is 0. The predicted octanol–water partition coefficient (Wildman–Crippen LogP) is 1.14. The Labute approximate surface area is 68.8 Å². The van der Waals surface area contributed by atoms with Gasteiger partial charge in [0.05, 0.1) is 6.20 Å². The monoisotopic (exact) mass is 164 g/mol. The smallest absolute Gasteiger partial charge is 0.281 e. The average Bonchev–Trinajstić information content (AvgIpc) is 2.49. The number of fused-ring (bicyclic) bond motifs is 1. The van der Waals surface area contributed by atoms with Crippen LogP contribution in [0, 0.1) is 0 Å². The fourth-order valence-electron chi connectivity index (χ4n) is 0.890. The van der Waals surface area contributed by atoms with Crippen LogP contribution in [0.5, 0.6) is 0 Å². The van der Waals surface area contributed by atoms with Crippen molar-refractivity contribution in [1.82, 2.24) is 20.3 Å². The van der Waals surface area contributed by atoms with Gasteiger partial charge in [0.25, 0.3) is 5.71 Å². The van der Waals surface area contributed by atoms with Gasteiger partial charge < -0.3 is 4.52 Å². The lowest BCUT2D eigenvalue weighted by atomic mass is 10.2. The van der Waals surface area contributed by atoms with E-state index >= 15 is 0 Å². The third-order valence-electron chi connectivity index (χ3n) is 1.55. The van der Waals surface area contributed by atoms with E-state index in [4.69, 9.17) is 4.52 Å². The van der Waals surface area contributed by atoms with Gasteiger partial charge in [-0.1, -0.05) is 13.8 Å². The quantitative estimate of drug-likeness (QED) is 0.632. The van der Waals surface area contributed by atoms with Crippen molar-refractivity contribution < 1.29 is 4.52 Å². The van der Waals surface area contributed by atoms with Crippen LogP contribution >= 0.6 is 0 Å². The van der Waals surface area contributed by atoms with Crippen molar-refractivity contribution in [2.75, 3.05) is 0 Å². The highest BCUT2D eigenvalue weighted by Gasteiger charge is 2.06. The second-order valence-electron chi connectivity index (χ2n) is 2.85. The molecule has 5 heteroatoms. The van der Waals surface area contributed by atoms with Crippen molar-refractivity contribution in [1.29, 1.82) is 0 Å². The molecule has 0 spiro atoms. The molecule has 0 bridgehead atoms. The molecular formula is C7H8N4O. The maximum absolute atomic E-state index is 4.80. The summed E-state index contributed by atoms with van der Waals surface area (Å²) in [7, 11) is 0. The van der Waals surface area contributed by atoms with Gasteiger partial charge in [-0.25, -0.2) is 4.98 Å². The highest BCUT2D eigenvalue weighted by Crippen LogP contribution is 2.11. The normalized spacial score (nSPS) is 11.2. The first-order chi connectivity index (χ1) is 5.77. The van der Waals surface area contributed by atoms with E-state index in [2.05, 4.69) is 20.3 Å². The summed E-state index contributed by atoms with van der Waals surface area (Å²) in [4.78, 5) is 8.24. The van der Waals surface area contributed by atoms with Gasteiger partial charge >= 0.3 is 0 Å². The van der Waals surface area contributed by atoms with Crippen molar-refractivity contribution in [3.05, 3.63) is 12.0 Å². The van der Waals surface area contributed by atoms with Gasteiger partial charge in [0.15, 0.2) is 5.52 Å². The van der Waals surface area contributed by atoms with Gasteiger partial charge in [-0.2, -0.15) is 4.98 Å². The van der Waals surface area contributed by atoms with E-state index in [9.17, 15) is 0 Å². The molecule has 0 aliphatic rings. The number of hydrogen-bond acceptors (Lipinski definition) is 5. The summed E-state index contributed by atoms with van der Waals surface area (Å²) in [5.74, 6) is 1.04. The Hall–Kier alpha value is -1.52. The number of aromatic nitrogens is 4. The minimum atomic E-state index is 0.291. The Morgan fingerprint density at radius 2 is 2.25 bits per heavy atom. The molecule has 0 atom stereocenters. The van der Waals surface area contributed by atoms with Crippen LogP contribution in [0.1, 0.15) is 25.6 Å². The van der Waals surface area contributed by atoms with Crippen LogP contribution < -0.4 is 0 Å². The summed E-state index contributed by atoms with van der Waals surface area (Å²) < 4.78 is 4.80. The standard InChI is InChI=1S/C7H8N4O/c1-4(2)6-8-3-5-7(9-6)12-11-10-5/h3-4H,1-2H3. The van der Waals surface area contributed by atoms with Crippen LogP contribution in [0.2, 0.25) is 0 Å². The van der Waals surface area contributed by atoms with Crippen LogP contribution in [-0.4, -0.2) is 20.3 Å². The van der Waals surface area contributed by atoms with E-state index in [-0.39, 0.29) is 0 Å². The molecule has 5 nitrogen and oxygen atoms in total. The molecule has 2 aromatic rings. The molecule has 0 N–H and O–H groups in total. The van der Waals surface area contributed by atoms with Crippen molar-refractivity contribution in [3.63, 3.8) is 0 Å². The maximum atomic E-state index is 4.80. The summed E-state index contributed by atoms with van der Waals surface area (Å²) in [6.07, 6.45) is 1.62. The van der Waals surface area contributed by atoms with Crippen molar-refractivity contribution >= 4 is 11.2 Å². The second-order valence-corrected chi connectivity index (χ2v) is 2.85. The molecule has 2 heterocycles. The van der Waals surface area contributed by atoms with E-state index in [0.717, 1.165) is 5.82 Å². The molecule has 2 aromatic heterocycles. The van der Waals surface area contributed by atoms with Gasteiger partial charge in [-0.3, -0.25) is 0 Å². The summed E-state index contributed by atoms with van der Waals surface area (Å²) in [5.41, 5.74) is 1.05. The fourth-order valence-corrected chi connectivity index (χ4v) is 0.890. The molecule has 12 heavy (non-hydrogen) atoms. The SMILES string of the molecule is CC(C)c1ncc2nnoc2n1. The lowest BCUT2D eigenvalue weighted by Crippen LogP contribution is -1.95. The summed E-state index contributed by atoms with van der Waals surface area (Å²) in [6, 6.07) is 0. The minimum absolute atomic E-state index is 0.291. The molecule has 0 aliphatic heterocycles. The van der Waals surface area contributed by atoms with Crippen LogP contribution in [0.15, 0.2) is 10.7 Å². The van der Waals surface area contributed by atoms with E-state index in [0.29, 0.717) is 17.1 Å².